The summed E-state index contributed by atoms with van der Waals surface area (Å²) < 4.78 is 5.62. The van der Waals surface area contributed by atoms with E-state index >= 15 is 0 Å². The highest BCUT2D eigenvalue weighted by atomic mass is 35.5. The zero-order valence-corrected chi connectivity index (χ0v) is 17.0. The van der Waals surface area contributed by atoms with E-state index in [0.717, 1.165) is 17.5 Å². The molecule has 0 aliphatic rings. The summed E-state index contributed by atoms with van der Waals surface area (Å²) in [7, 11) is 0. The van der Waals surface area contributed by atoms with E-state index in [1.165, 1.54) is 6.21 Å². The van der Waals surface area contributed by atoms with E-state index in [1.807, 2.05) is 32.9 Å². The molecule has 7 heteroatoms. The summed E-state index contributed by atoms with van der Waals surface area (Å²) in [6.45, 7) is 6.52. The van der Waals surface area contributed by atoms with Crippen molar-refractivity contribution in [2.45, 2.75) is 33.6 Å². The van der Waals surface area contributed by atoms with E-state index in [-0.39, 0.29) is 6.42 Å². The van der Waals surface area contributed by atoms with Crippen molar-refractivity contribution in [2.75, 3.05) is 11.9 Å². The number of hydrogen-bond donors (Lipinski definition) is 2. The molecule has 0 bridgehead atoms. The van der Waals surface area contributed by atoms with Gasteiger partial charge in [0.15, 0.2) is 0 Å². The average molecular weight is 402 g/mol. The molecule has 0 unspecified atom stereocenters. The van der Waals surface area contributed by atoms with Crippen molar-refractivity contribution in [3.63, 3.8) is 0 Å². The molecule has 0 aromatic heterocycles. The summed E-state index contributed by atoms with van der Waals surface area (Å²) in [5.41, 5.74) is 5.83. The zero-order valence-electron chi connectivity index (χ0n) is 16.2. The summed E-state index contributed by atoms with van der Waals surface area (Å²) in [4.78, 5) is 23.9. The van der Waals surface area contributed by atoms with Gasteiger partial charge in [-0.1, -0.05) is 24.6 Å². The molecule has 0 radical (unpaired) electrons. The minimum Gasteiger partial charge on any atom is -0.493 e. The molecule has 0 saturated heterocycles. The van der Waals surface area contributed by atoms with Gasteiger partial charge in [-0.2, -0.15) is 5.10 Å². The van der Waals surface area contributed by atoms with Gasteiger partial charge in [-0.15, -0.1) is 0 Å². The SMILES string of the molecule is CCCOc1ccc(Cl)cc1C=NNC(=O)CC(=O)Nc1ccc(C)c(C)c1. The molecule has 2 aromatic rings. The molecule has 2 rings (SSSR count). The first-order chi connectivity index (χ1) is 13.4. The predicted molar refractivity (Wildman–Crippen MR) is 112 cm³/mol. The Labute approximate surface area is 169 Å². The Balaban J connectivity index is 1.90. The number of ether oxygens (including phenoxy) is 1. The van der Waals surface area contributed by atoms with Gasteiger partial charge in [0.2, 0.25) is 11.8 Å². The molecule has 0 spiro atoms. The third-order valence-corrected chi connectivity index (χ3v) is 4.17. The number of halogens is 1. The maximum atomic E-state index is 12.0. The fourth-order valence-electron chi connectivity index (χ4n) is 2.35. The minimum atomic E-state index is -0.518. The lowest BCUT2D eigenvalue weighted by Gasteiger charge is -2.08. The van der Waals surface area contributed by atoms with Crippen molar-refractivity contribution >= 4 is 35.3 Å². The first-order valence-corrected chi connectivity index (χ1v) is 9.38. The molecule has 0 aliphatic heterocycles. The van der Waals surface area contributed by atoms with E-state index in [0.29, 0.717) is 28.6 Å². The van der Waals surface area contributed by atoms with Gasteiger partial charge in [-0.3, -0.25) is 9.59 Å². The van der Waals surface area contributed by atoms with Crippen molar-refractivity contribution in [3.8, 4) is 5.75 Å². The third-order valence-electron chi connectivity index (χ3n) is 3.94. The van der Waals surface area contributed by atoms with Crippen LogP contribution in [0.2, 0.25) is 5.02 Å². The van der Waals surface area contributed by atoms with Crippen molar-refractivity contribution in [1.29, 1.82) is 0 Å². The van der Waals surface area contributed by atoms with Crippen LogP contribution in [0.15, 0.2) is 41.5 Å². The van der Waals surface area contributed by atoms with Crippen molar-refractivity contribution in [1.82, 2.24) is 5.43 Å². The van der Waals surface area contributed by atoms with E-state index in [9.17, 15) is 9.59 Å². The van der Waals surface area contributed by atoms with Crippen LogP contribution in [0.3, 0.4) is 0 Å². The molecule has 148 valence electrons. The number of amides is 2. The Bertz CT molecular complexity index is 881. The van der Waals surface area contributed by atoms with Crippen LogP contribution in [0, 0.1) is 13.8 Å². The summed E-state index contributed by atoms with van der Waals surface area (Å²) in [6, 6.07) is 10.7. The lowest BCUT2D eigenvalue weighted by molar-refractivity contribution is -0.126. The highest BCUT2D eigenvalue weighted by Crippen LogP contribution is 2.21. The highest BCUT2D eigenvalue weighted by molar-refractivity contribution is 6.30. The van der Waals surface area contributed by atoms with E-state index in [4.69, 9.17) is 16.3 Å². The van der Waals surface area contributed by atoms with Crippen molar-refractivity contribution in [3.05, 3.63) is 58.1 Å². The Kier molecular flexibility index (Phi) is 8.02. The Hall–Kier alpha value is -2.86. The summed E-state index contributed by atoms with van der Waals surface area (Å²) in [5.74, 6) is -0.307. The highest BCUT2D eigenvalue weighted by Gasteiger charge is 2.10. The standard InChI is InChI=1S/C21H24ClN3O3/c1-4-9-28-19-8-6-17(22)11-16(19)13-23-25-21(27)12-20(26)24-18-7-5-14(2)15(3)10-18/h5-8,10-11,13H,4,9,12H2,1-3H3,(H,24,26)(H,25,27). The quantitative estimate of drug-likeness (QED) is 0.394. The van der Waals surface area contributed by atoms with Crippen molar-refractivity contribution in [2.24, 2.45) is 5.10 Å². The first-order valence-electron chi connectivity index (χ1n) is 9.00. The predicted octanol–water partition coefficient (Wildman–Crippen LogP) is 4.22. The van der Waals surface area contributed by atoms with Gasteiger partial charge in [0.05, 0.1) is 12.8 Å². The maximum Gasteiger partial charge on any atom is 0.249 e. The topological polar surface area (TPSA) is 79.8 Å². The van der Waals surface area contributed by atoms with E-state index < -0.39 is 11.8 Å². The largest absolute Gasteiger partial charge is 0.493 e. The molecule has 0 fully saturated rings. The fourth-order valence-corrected chi connectivity index (χ4v) is 2.53. The zero-order chi connectivity index (χ0) is 20.5. The van der Waals surface area contributed by atoms with Gasteiger partial charge in [0, 0.05) is 16.3 Å². The van der Waals surface area contributed by atoms with Gasteiger partial charge in [0.1, 0.15) is 12.2 Å². The number of carbonyl (C=O) groups excluding carboxylic acids is 2. The number of hydrazone groups is 1. The number of aryl methyl sites for hydroxylation is 2. The second kappa shape index (κ2) is 10.5. The molecule has 0 saturated carbocycles. The number of nitrogens with zero attached hydrogens (tertiary/aromatic N) is 1. The van der Waals surface area contributed by atoms with Gasteiger partial charge >= 0.3 is 0 Å². The maximum absolute atomic E-state index is 12.0. The molecule has 0 atom stereocenters. The van der Waals surface area contributed by atoms with E-state index in [1.54, 1.807) is 24.3 Å². The van der Waals surface area contributed by atoms with Gasteiger partial charge in [-0.05, 0) is 61.7 Å². The second-order valence-electron chi connectivity index (χ2n) is 6.35. The van der Waals surface area contributed by atoms with Crippen LogP contribution in [0.5, 0.6) is 5.75 Å². The normalized spacial score (nSPS) is 10.7. The molecule has 2 aromatic carbocycles. The summed E-state index contributed by atoms with van der Waals surface area (Å²) in [6.07, 6.45) is 1.97. The first kappa shape index (κ1) is 21.4. The number of benzene rings is 2. The molecule has 0 aliphatic carbocycles. The average Bonchev–Trinajstić information content (AvgIpc) is 2.64. The molecular formula is C21H24ClN3O3. The van der Waals surface area contributed by atoms with Gasteiger partial charge < -0.3 is 10.1 Å². The Morgan fingerprint density at radius 1 is 1.11 bits per heavy atom. The van der Waals surface area contributed by atoms with Crippen LogP contribution in [-0.4, -0.2) is 24.6 Å². The van der Waals surface area contributed by atoms with Crippen LogP contribution < -0.4 is 15.5 Å². The van der Waals surface area contributed by atoms with Crippen LogP contribution in [0.4, 0.5) is 5.69 Å². The van der Waals surface area contributed by atoms with E-state index in [2.05, 4.69) is 15.8 Å². The summed E-state index contributed by atoms with van der Waals surface area (Å²) >= 11 is 6.00. The third kappa shape index (κ3) is 6.70. The lowest BCUT2D eigenvalue weighted by atomic mass is 10.1. The number of nitrogens with one attached hydrogen (secondary N) is 2. The van der Waals surface area contributed by atoms with Crippen LogP contribution in [0.25, 0.3) is 0 Å². The number of rotatable bonds is 8. The molecule has 0 heterocycles. The number of anilines is 1. The second-order valence-corrected chi connectivity index (χ2v) is 6.78. The van der Waals surface area contributed by atoms with Crippen LogP contribution in [0.1, 0.15) is 36.5 Å². The lowest BCUT2D eigenvalue weighted by Crippen LogP contribution is -2.24. The molecule has 28 heavy (non-hydrogen) atoms. The minimum absolute atomic E-state index is 0.334. The van der Waals surface area contributed by atoms with Gasteiger partial charge in [0.25, 0.3) is 0 Å². The van der Waals surface area contributed by atoms with Crippen LogP contribution >= 0.6 is 11.6 Å². The smallest absolute Gasteiger partial charge is 0.249 e. The number of carbonyl (C=O) groups is 2. The Morgan fingerprint density at radius 3 is 2.61 bits per heavy atom. The fraction of sp³-hybridized carbons (Fsp3) is 0.286. The van der Waals surface area contributed by atoms with Crippen molar-refractivity contribution < 1.29 is 14.3 Å². The molecule has 6 nitrogen and oxygen atoms in total. The van der Waals surface area contributed by atoms with Crippen LogP contribution in [-0.2, 0) is 9.59 Å². The monoisotopic (exact) mass is 401 g/mol. The molecule has 2 N–H and O–H groups in total. The van der Waals surface area contributed by atoms with Gasteiger partial charge in [-0.25, -0.2) is 5.43 Å². The molecular weight excluding hydrogens is 378 g/mol. The summed E-state index contributed by atoms with van der Waals surface area (Å²) in [5, 5.41) is 7.13. The number of hydrogen-bond acceptors (Lipinski definition) is 4. The molecule has 2 amide bonds. The Morgan fingerprint density at radius 2 is 1.89 bits per heavy atom.